The molecule has 0 aliphatic carbocycles. The molecule has 0 spiro atoms. The molecule has 1 atom stereocenters. The number of aliphatic imine (C=N–C) groups is 1. The van der Waals surface area contributed by atoms with Crippen LogP contribution in [0.5, 0.6) is 0 Å². The summed E-state index contributed by atoms with van der Waals surface area (Å²) in [5, 5.41) is 7.29. The predicted octanol–water partition coefficient (Wildman–Crippen LogP) is 3.21. The molecule has 0 aliphatic rings. The van der Waals surface area contributed by atoms with Crippen LogP contribution in [0.2, 0.25) is 0 Å². The van der Waals surface area contributed by atoms with Gasteiger partial charge in [0.2, 0.25) is 0 Å². The third-order valence-electron chi connectivity index (χ3n) is 3.63. The molecule has 8 nitrogen and oxygen atoms in total. The Morgan fingerprint density at radius 3 is 2.61 bits per heavy atom. The zero-order chi connectivity index (χ0) is 20.2. The fraction of sp³-hybridized carbons (Fsp3) is 0.667. The minimum Gasteiger partial charge on any atom is -0.469 e. The molecule has 0 bridgehead atoms. The van der Waals surface area contributed by atoms with Gasteiger partial charge in [0.25, 0.3) is 0 Å². The lowest BCUT2D eigenvalue weighted by atomic mass is 10.2. The first kappa shape index (κ1) is 26.6. The SMILES string of the molecule is CCNC(=NCCCCC(=O)OC)NC(C)c1nc(C)c(C(=O)OCC)s1.I. The Labute approximate surface area is 187 Å². The van der Waals surface area contributed by atoms with Crippen molar-refractivity contribution < 1.29 is 19.1 Å². The minimum absolute atomic E-state index is 0. The highest BCUT2D eigenvalue weighted by atomic mass is 127. The quantitative estimate of drug-likeness (QED) is 0.159. The maximum Gasteiger partial charge on any atom is 0.350 e. The Balaban J connectivity index is 0.00000729. The van der Waals surface area contributed by atoms with Gasteiger partial charge in [-0.1, -0.05) is 0 Å². The Morgan fingerprint density at radius 1 is 1.29 bits per heavy atom. The standard InChI is InChI=1S/C18H30N4O4S.HI/c1-6-19-18(20-11-9-8-10-14(23)25-5)22-13(4)16-21-12(3)15(27-16)17(24)26-7-2;/h13H,6-11H2,1-5H3,(H2,19,20,22);1H. The average Bonchev–Trinajstić information content (AvgIpc) is 3.03. The van der Waals surface area contributed by atoms with Crippen LogP contribution in [-0.2, 0) is 14.3 Å². The van der Waals surface area contributed by atoms with Gasteiger partial charge in [-0.15, -0.1) is 35.3 Å². The van der Waals surface area contributed by atoms with Gasteiger partial charge in [-0.2, -0.15) is 0 Å². The number of halogens is 1. The Morgan fingerprint density at radius 2 is 2.00 bits per heavy atom. The van der Waals surface area contributed by atoms with Crippen LogP contribution in [0.3, 0.4) is 0 Å². The van der Waals surface area contributed by atoms with Crippen LogP contribution in [-0.4, -0.2) is 49.7 Å². The smallest absolute Gasteiger partial charge is 0.350 e. The summed E-state index contributed by atoms with van der Waals surface area (Å²) in [5.74, 6) is 0.139. The number of carbonyl (C=O) groups excluding carboxylic acids is 2. The van der Waals surface area contributed by atoms with Crippen LogP contribution >= 0.6 is 35.3 Å². The summed E-state index contributed by atoms with van der Waals surface area (Å²) in [6.45, 7) is 9.22. The number of hydrogen-bond donors (Lipinski definition) is 2. The van der Waals surface area contributed by atoms with E-state index < -0.39 is 0 Å². The summed E-state index contributed by atoms with van der Waals surface area (Å²) >= 11 is 1.33. The highest BCUT2D eigenvalue weighted by Gasteiger charge is 2.20. The number of aryl methyl sites for hydroxylation is 1. The van der Waals surface area contributed by atoms with E-state index in [-0.39, 0.29) is 42.0 Å². The van der Waals surface area contributed by atoms with Crippen molar-refractivity contribution in [2.75, 3.05) is 26.8 Å². The molecular formula is C18H31IN4O4S. The van der Waals surface area contributed by atoms with E-state index in [2.05, 4.69) is 25.3 Å². The number of aromatic nitrogens is 1. The first-order valence-corrected chi connectivity index (χ1v) is 10.0. The summed E-state index contributed by atoms with van der Waals surface area (Å²) < 4.78 is 9.69. The van der Waals surface area contributed by atoms with E-state index in [4.69, 9.17) is 4.74 Å². The van der Waals surface area contributed by atoms with Gasteiger partial charge in [0.15, 0.2) is 5.96 Å². The number of unbranched alkanes of at least 4 members (excludes halogenated alkanes) is 1. The van der Waals surface area contributed by atoms with E-state index in [0.29, 0.717) is 36.1 Å². The molecule has 10 heteroatoms. The second kappa shape index (κ2) is 14.6. The van der Waals surface area contributed by atoms with E-state index in [0.717, 1.165) is 24.4 Å². The number of carbonyl (C=O) groups is 2. The van der Waals surface area contributed by atoms with Crippen molar-refractivity contribution in [1.82, 2.24) is 15.6 Å². The van der Waals surface area contributed by atoms with Gasteiger partial charge in [-0.3, -0.25) is 9.79 Å². The molecule has 0 aromatic carbocycles. The lowest BCUT2D eigenvalue weighted by Crippen LogP contribution is -2.38. The Hall–Kier alpha value is -1.43. The number of hydrogen-bond acceptors (Lipinski definition) is 7. The van der Waals surface area contributed by atoms with Crippen molar-refractivity contribution in [3.05, 3.63) is 15.6 Å². The topological polar surface area (TPSA) is 102 Å². The Kier molecular flexibility index (Phi) is 13.8. The maximum absolute atomic E-state index is 12.0. The van der Waals surface area contributed by atoms with Gasteiger partial charge in [-0.25, -0.2) is 9.78 Å². The highest BCUT2D eigenvalue weighted by Crippen LogP contribution is 2.24. The molecule has 1 rings (SSSR count). The number of esters is 2. The van der Waals surface area contributed by atoms with Crippen molar-refractivity contribution in [1.29, 1.82) is 0 Å². The molecule has 0 aliphatic heterocycles. The first-order chi connectivity index (χ1) is 12.9. The summed E-state index contributed by atoms with van der Waals surface area (Å²) in [6.07, 6.45) is 1.94. The summed E-state index contributed by atoms with van der Waals surface area (Å²) in [5.41, 5.74) is 0.673. The number of ether oxygens (including phenoxy) is 2. The molecule has 0 saturated carbocycles. The largest absolute Gasteiger partial charge is 0.469 e. The van der Waals surface area contributed by atoms with E-state index in [1.165, 1.54) is 18.4 Å². The van der Waals surface area contributed by atoms with Crippen LogP contribution in [0.4, 0.5) is 0 Å². The molecule has 1 unspecified atom stereocenters. The van der Waals surface area contributed by atoms with Gasteiger partial charge >= 0.3 is 11.9 Å². The van der Waals surface area contributed by atoms with E-state index >= 15 is 0 Å². The van der Waals surface area contributed by atoms with E-state index in [1.807, 2.05) is 13.8 Å². The van der Waals surface area contributed by atoms with Crippen molar-refractivity contribution in [3.8, 4) is 0 Å². The number of nitrogens with one attached hydrogen (secondary N) is 2. The number of nitrogens with zero attached hydrogens (tertiary/aromatic N) is 2. The lowest BCUT2D eigenvalue weighted by molar-refractivity contribution is -0.140. The number of rotatable bonds is 10. The molecule has 28 heavy (non-hydrogen) atoms. The first-order valence-electron chi connectivity index (χ1n) is 9.18. The average molecular weight is 526 g/mol. The summed E-state index contributed by atoms with van der Waals surface area (Å²) in [4.78, 5) is 32.6. The predicted molar refractivity (Wildman–Crippen MR) is 122 cm³/mol. The molecule has 1 aromatic heterocycles. The fourth-order valence-electron chi connectivity index (χ4n) is 2.25. The molecular weight excluding hydrogens is 495 g/mol. The second-order valence-corrected chi connectivity index (χ2v) is 6.88. The van der Waals surface area contributed by atoms with Gasteiger partial charge in [0.05, 0.1) is 25.5 Å². The second-order valence-electron chi connectivity index (χ2n) is 5.85. The van der Waals surface area contributed by atoms with Gasteiger partial charge in [-0.05, 0) is 40.5 Å². The van der Waals surface area contributed by atoms with Crippen LogP contribution in [0.1, 0.15) is 66.4 Å². The van der Waals surface area contributed by atoms with E-state index in [9.17, 15) is 9.59 Å². The van der Waals surface area contributed by atoms with Crippen LogP contribution in [0.25, 0.3) is 0 Å². The molecule has 1 aromatic rings. The third kappa shape index (κ3) is 9.18. The Bertz CT molecular complexity index is 652. The minimum atomic E-state index is -0.336. The van der Waals surface area contributed by atoms with Gasteiger partial charge < -0.3 is 20.1 Å². The van der Waals surface area contributed by atoms with Crippen molar-refractivity contribution in [3.63, 3.8) is 0 Å². The third-order valence-corrected chi connectivity index (χ3v) is 4.95. The fourth-order valence-corrected chi connectivity index (χ4v) is 3.21. The molecule has 0 saturated heterocycles. The molecule has 1 heterocycles. The molecule has 0 radical (unpaired) electrons. The summed E-state index contributed by atoms with van der Waals surface area (Å²) in [6, 6.07) is -0.107. The van der Waals surface area contributed by atoms with Gasteiger partial charge in [0, 0.05) is 19.5 Å². The number of methoxy groups -OCH3 is 1. The van der Waals surface area contributed by atoms with Crippen LogP contribution in [0, 0.1) is 6.92 Å². The van der Waals surface area contributed by atoms with Crippen molar-refractivity contribution >= 4 is 53.2 Å². The summed E-state index contributed by atoms with van der Waals surface area (Å²) in [7, 11) is 1.39. The van der Waals surface area contributed by atoms with Crippen molar-refractivity contribution in [2.24, 2.45) is 4.99 Å². The molecule has 160 valence electrons. The van der Waals surface area contributed by atoms with Crippen molar-refractivity contribution in [2.45, 2.75) is 53.0 Å². The monoisotopic (exact) mass is 526 g/mol. The number of guanidine groups is 1. The lowest BCUT2D eigenvalue weighted by Gasteiger charge is -2.16. The zero-order valence-corrected chi connectivity index (χ0v) is 20.3. The molecule has 2 N–H and O–H groups in total. The number of thiazole rings is 1. The van der Waals surface area contributed by atoms with Crippen LogP contribution < -0.4 is 10.6 Å². The van der Waals surface area contributed by atoms with Crippen LogP contribution in [0.15, 0.2) is 4.99 Å². The molecule has 0 amide bonds. The maximum atomic E-state index is 12.0. The highest BCUT2D eigenvalue weighted by molar-refractivity contribution is 14.0. The van der Waals surface area contributed by atoms with Gasteiger partial charge in [0.1, 0.15) is 9.88 Å². The van der Waals surface area contributed by atoms with E-state index in [1.54, 1.807) is 13.8 Å². The normalized spacial score (nSPS) is 12.0. The molecule has 0 fully saturated rings. The zero-order valence-electron chi connectivity index (χ0n) is 17.2.